The predicted molar refractivity (Wildman–Crippen MR) is 75.0 cm³/mol. The highest BCUT2D eigenvalue weighted by Gasteiger charge is 2.15. The second-order valence-corrected chi connectivity index (χ2v) is 5.29. The van der Waals surface area contributed by atoms with Crippen LogP contribution in [-0.2, 0) is 16.1 Å². The average Bonchev–Trinajstić information content (AvgIpc) is 2.37. The van der Waals surface area contributed by atoms with Crippen LogP contribution in [-0.4, -0.2) is 24.8 Å². The van der Waals surface area contributed by atoms with Crippen LogP contribution in [0.15, 0.2) is 24.3 Å². The van der Waals surface area contributed by atoms with Crippen molar-refractivity contribution < 1.29 is 14.3 Å². The molecule has 0 unspecified atom stereocenters. The maximum Gasteiger partial charge on any atom is 0.407 e. The van der Waals surface area contributed by atoms with Crippen LogP contribution in [0.1, 0.15) is 31.9 Å². The lowest BCUT2D eigenvalue weighted by atomic mass is 10.2. The third-order valence-electron chi connectivity index (χ3n) is 2.27. The van der Waals surface area contributed by atoms with Crippen molar-refractivity contribution >= 4 is 6.09 Å². The van der Waals surface area contributed by atoms with Gasteiger partial charge < -0.3 is 14.8 Å². The smallest absolute Gasteiger partial charge is 0.407 e. The van der Waals surface area contributed by atoms with Gasteiger partial charge in [0.05, 0.1) is 24.8 Å². The van der Waals surface area contributed by atoms with Crippen LogP contribution in [0.5, 0.6) is 0 Å². The van der Waals surface area contributed by atoms with Gasteiger partial charge in [0.25, 0.3) is 0 Å². The molecule has 0 saturated carbocycles. The number of carbonyl (C=O) groups excluding carboxylic acids is 1. The molecule has 0 aliphatic heterocycles. The SMILES string of the molecule is CC(C)(C)OC(=O)NCCOCc1ccc(C#N)cc1. The van der Waals surface area contributed by atoms with Gasteiger partial charge in [-0.15, -0.1) is 0 Å². The summed E-state index contributed by atoms with van der Waals surface area (Å²) < 4.78 is 10.5. The van der Waals surface area contributed by atoms with Crippen LogP contribution >= 0.6 is 0 Å². The monoisotopic (exact) mass is 276 g/mol. The van der Waals surface area contributed by atoms with E-state index in [1.807, 2.05) is 32.9 Å². The predicted octanol–water partition coefficient (Wildman–Crippen LogP) is 2.60. The molecule has 0 heterocycles. The van der Waals surface area contributed by atoms with Gasteiger partial charge in [0.1, 0.15) is 5.60 Å². The number of hydrogen-bond acceptors (Lipinski definition) is 4. The highest BCUT2D eigenvalue weighted by Crippen LogP contribution is 2.06. The van der Waals surface area contributed by atoms with Crippen molar-refractivity contribution in [3.8, 4) is 6.07 Å². The fourth-order valence-electron chi connectivity index (χ4n) is 1.40. The number of amides is 1. The van der Waals surface area contributed by atoms with E-state index in [9.17, 15) is 4.79 Å². The van der Waals surface area contributed by atoms with Gasteiger partial charge in [0, 0.05) is 6.54 Å². The van der Waals surface area contributed by atoms with Gasteiger partial charge in [-0.2, -0.15) is 5.26 Å². The first kappa shape index (κ1) is 16.0. The maximum atomic E-state index is 11.3. The van der Waals surface area contributed by atoms with Gasteiger partial charge >= 0.3 is 6.09 Å². The molecule has 0 atom stereocenters. The van der Waals surface area contributed by atoms with Crippen LogP contribution in [0.4, 0.5) is 4.79 Å². The van der Waals surface area contributed by atoms with Crippen LogP contribution in [0, 0.1) is 11.3 Å². The molecule has 0 fully saturated rings. The lowest BCUT2D eigenvalue weighted by Gasteiger charge is -2.19. The molecule has 108 valence electrons. The number of ether oxygens (including phenoxy) is 2. The summed E-state index contributed by atoms with van der Waals surface area (Å²) in [5, 5.41) is 11.3. The third-order valence-corrected chi connectivity index (χ3v) is 2.27. The molecule has 1 aromatic rings. The van der Waals surface area contributed by atoms with Crippen LogP contribution < -0.4 is 5.32 Å². The molecular weight excluding hydrogens is 256 g/mol. The third kappa shape index (κ3) is 6.76. The Morgan fingerprint density at radius 3 is 2.50 bits per heavy atom. The number of benzene rings is 1. The molecule has 1 amide bonds. The largest absolute Gasteiger partial charge is 0.444 e. The second-order valence-electron chi connectivity index (χ2n) is 5.29. The van der Waals surface area contributed by atoms with E-state index in [4.69, 9.17) is 14.7 Å². The molecule has 0 aliphatic carbocycles. The number of nitrogens with zero attached hydrogens (tertiary/aromatic N) is 1. The molecule has 5 heteroatoms. The Balaban J connectivity index is 2.16. The van der Waals surface area contributed by atoms with Crippen molar-refractivity contribution in [2.75, 3.05) is 13.2 Å². The van der Waals surface area contributed by atoms with Gasteiger partial charge in [0.15, 0.2) is 0 Å². The zero-order valence-electron chi connectivity index (χ0n) is 12.1. The summed E-state index contributed by atoms with van der Waals surface area (Å²) in [4.78, 5) is 11.3. The molecule has 0 aromatic heterocycles. The minimum absolute atomic E-state index is 0.394. The maximum absolute atomic E-state index is 11.3. The second kappa shape index (κ2) is 7.51. The Bertz CT molecular complexity index is 469. The fraction of sp³-hybridized carbons (Fsp3) is 0.467. The Morgan fingerprint density at radius 2 is 1.95 bits per heavy atom. The zero-order valence-corrected chi connectivity index (χ0v) is 12.1. The highest BCUT2D eigenvalue weighted by atomic mass is 16.6. The standard InChI is InChI=1S/C15H20N2O3/c1-15(2,3)20-14(18)17-8-9-19-11-13-6-4-12(10-16)5-7-13/h4-7H,8-9,11H2,1-3H3,(H,17,18). The molecular formula is C15H20N2O3. The molecule has 1 rings (SSSR count). The van der Waals surface area contributed by atoms with Crippen LogP contribution in [0.2, 0.25) is 0 Å². The molecule has 1 aromatic carbocycles. The van der Waals surface area contributed by atoms with E-state index in [-0.39, 0.29) is 0 Å². The van der Waals surface area contributed by atoms with E-state index in [0.717, 1.165) is 5.56 Å². The van der Waals surface area contributed by atoms with Gasteiger partial charge in [-0.25, -0.2) is 4.79 Å². The summed E-state index contributed by atoms with van der Waals surface area (Å²) in [6.07, 6.45) is -0.445. The summed E-state index contributed by atoms with van der Waals surface area (Å²) in [5.41, 5.74) is 1.12. The molecule has 20 heavy (non-hydrogen) atoms. The number of rotatable bonds is 5. The van der Waals surface area contributed by atoms with E-state index >= 15 is 0 Å². The Labute approximate surface area is 119 Å². The molecule has 0 aliphatic rings. The van der Waals surface area contributed by atoms with Crippen molar-refractivity contribution in [2.24, 2.45) is 0 Å². The average molecular weight is 276 g/mol. The quantitative estimate of drug-likeness (QED) is 0.839. The van der Waals surface area contributed by atoms with E-state index in [1.54, 1.807) is 12.1 Å². The summed E-state index contributed by atoms with van der Waals surface area (Å²) in [6.45, 7) is 6.68. The first-order valence-electron chi connectivity index (χ1n) is 6.44. The minimum atomic E-state index is -0.493. The number of alkyl carbamates (subject to hydrolysis) is 1. The highest BCUT2D eigenvalue weighted by molar-refractivity contribution is 5.67. The molecule has 1 N–H and O–H groups in total. The van der Waals surface area contributed by atoms with Gasteiger partial charge in [-0.1, -0.05) is 12.1 Å². The molecule has 5 nitrogen and oxygen atoms in total. The van der Waals surface area contributed by atoms with Crippen molar-refractivity contribution in [3.05, 3.63) is 35.4 Å². The van der Waals surface area contributed by atoms with E-state index in [0.29, 0.717) is 25.3 Å². The zero-order chi connectivity index (χ0) is 15.0. The Morgan fingerprint density at radius 1 is 1.30 bits per heavy atom. The number of carbonyl (C=O) groups is 1. The fourth-order valence-corrected chi connectivity index (χ4v) is 1.40. The molecule has 0 spiro atoms. The lowest BCUT2D eigenvalue weighted by Crippen LogP contribution is -2.34. The summed E-state index contributed by atoms with van der Waals surface area (Å²) in [5.74, 6) is 0. The van der Waals surface area contributed by atoms with Crippen LogP contribution in [0.25, 0.3) is 0 Å². The lowest BCUT2D eigenvalue weighted by molar-refractivity contribution is 0.0494. The topological polar surface area (TPSA) is 71.3 Å². The molecule has 0 bridgehead atoms. The molecule has 0 radical (unpaired) electrons. The summed E-state index contributed by atoms with van der Waals surface area (Å²) in [7, 11) is 0. The number of nitrogens with one attached hydrogen (secondary N) is 1. The summed E-state index contributed by atoms with van der Waals surface area (Å²) >= 11 is 0. The molecule has 0 saturated heterocycles. The summed E-state index contributed by atoms with van der Waals surface area (Å²) in [6, 6.07) is 9.25. The number of nitriles is 1. The van der Waals surface area contributed by atoms with Crippen molar-refractivity contribution in [1.29, 1.82) is 5.26 Å². The number of hydrogen-bond donors (Lipinski definition) is 1. The van der Waals surface area contributed by atoms with Gasteiger partial charge in [0.2, 0.25) is 0 Å². The normalized spacial score (nSPS) is 10.7. The van der Waals surface area contributed by atoms with Crippen molar-refractivity contribution in [3.63, 3.8) is 0 Å². The Hall–Kier alpha value is -2.06. The Kier molecular flexibility index (Phi) is 6.01. The van der Waals surface area contributed by atoms with E-state index in [2.05, 4.69) is 11.4 Å². The first-order valence-corrected chi connectivity index (χ1v) is 6.44. The van der Waals surface area contributed by atoms with Crippen molar-refractivity contribution in [1.82, 2.24) is 5.32 Å². The van der Waals surface area contributed by atoms with Crippen molar-refractivity contribution in [2.45, 2.75) is 33.0 Å². The minimum Gasteiger partial charge on any atom is -0.444 e. The van der Waals surface area contributed by atoms with Crippen LogP contribution in [0.3, 0.4) is 0 Å². The van der Waals surface area contributed by atoms with E-state index in [1.165, 1.54) is 0 Å². The van der Waals surface area contributed by atoms with Gasteiger partial charge in [-0.05, 0) is 38.5 Å². The first-order chi connectivity index (χ1) is 9.40. The van der Waals surface area contributed by atoms with E-state index < -0.39 is 11.7 Å². The van der Waals surface area contributed by atoms with Gasteiger partial charge in [-0.3, -0.25) is 0 Å².